The highest BCUT2D eigenvalue weighted by Crippen LogP contribution is 2.29. The van der Waals surface area contributed by atoms with Crippen molar-refractivity contribution in [1.29, 1.82) is 0 Å². The average Bonchev–Trinajstić information content (AvgIpc) is 2.78. The van der Waals surface area contributed by atoms with Gasteiger partial charge in [-0.05, 0) is 12.8 Å². The smallest absolute Gasteiger partial charge is 0.103 e. The van der Waals surface area contributed by atoms with Crippen molar-refractivity contribution < 1.29 is 0 Å². The molecule has 64 valence electrons. The summed E-state index contributed by atoms with van der Waals surface area (Å²) in [6.07, 6.45) is 5.95. The van der Waals surface area contributed by atoms with Crippen LogP contribution in [0, 0.1) is 5.92 Å². The molecule has 4 heteroatoms. The van der Waals surface area contributed by atoms with Crippen LogP contribution in [-0.2, 0) is 7.05 Å². The number of nitrogens with two attached hydrogens (primary N) is 1. The van der Waals surface area contributed by atoms with Gasteiger partial charge in [0.15, 0.2) is 0 Å². The van der Waals surface area contributed by atoms with Gasteiger partial charge in [0.25, 0.3) is 0 Å². The minimum absolute atomic E-state index is 0.533. The minimum atomic E-state index is 0.533. The van der Waals surface area contributed by atoms with Gasteiger partial charge in [-0.15, -0.1) is 0 Å². The van der Waals surface area contributed by atoms with E-state index >= 15 is 0 Å². The lowest BCUT2D eigenvalue weighted by Crippen LogP contribution is -2.12. The molecule has 0 aromatic carbocycles. The summed E-state index contributed by atoms with van der Waals surface area (Å²) in [7, 11) is 1.87. The van der Waals surface area contributed by atoms with Crippen LogP contribution in [0.2, 0.25) is 0 Å². The number of aliphatic imine (C=N–C) groups is 1. The Morgan fingerprint density at radius 3 is 3.00 bits per heavy atom. The van der Waals surface area contributed by atoms with Gasteiger partial charge in [0.1, 0.15) is 11.5 Å². The van der Waals surface area contributed by atoms with Crippen LogP contribution in [0.1, 0.15) is 12.8 Å². The number of hydrogen-bond donors (Lipinski definition) is 1. The van der Waals surface area contributed by atoms with Crippen molar-refractivity contribution in [3.05, 3.63) is 12.4 Å². The van der Waals surface area contributed by atoms with E-state index < -0.39 is 0 Å². The Labute approximate surface area is 71.1 Å². The van der Waals surface area contributed by atoms with Crippen LogP contribution in [0.15, 0.2) is 17.4 Å². The molecule has 1 saturated carbocycles. The zero-order valence-corrected chi connectivity index (χ0v) is 7.07. The first-order chi connectivity index (χ1) is 5.75. The topological polar surface area (TPSA) is 56.2 Å². The molecular weight excluding hydrogens is 152 g/mol. The molecule has 1 fully saturated rings. The van der Waals surface area contributed by atoms with E-state index in [1.807, 2.05) is 13.2 Å². The van der Waals surface area contributed by atoms with Gasteiger partial charge in [-0.1, -0.05) is 0 Å². The van der Waals surface area contributed by atoms with E-state index in [-0.39, 0.29) is 0 Å². The van der Waals surface area contributed by atoms with Crippen LogP contribution in [0.3, 0.4) is 0 Å². The molecule has 0 saturated heterocycles. The second kappa shape index (κ2) is 2.62. The van der Waals surface area contributed by atoms with Crippen LogP contribution in [-0.4, -0.2) is 15.6 Å². The number of amidine groups is 1. The van der Waals surface area contributed by atoms with Crippen LogP contribution in [0.4, 0.5) is 5.69 Å². The Kier molecular flexibility index (Phi) is 1.60. The van der Waals surface area contributed by atoms with Crippen LogP contribution < -0.4 is 5.73 Å². The summed E-state index contributed by atoms with van der Waals surface area (Å²) in [4.78, 5) is 4.25. The van der Waals surface area contributed by atoms with Crippen molar-refractivity contribution in [2.75, 3.05) is 0 Å². The zero-order chi connectivity index (χ0) is 8.55. The zero-order valence-electron chi connectivity index (χ0n) is 7.07. The summed E-state index contributed by atoms with van der Waals surface area (Å²) in [6, 6.07) is 0. The van der Waals surface area contributed by atoms with Gasteiger partial charge in [-0.3, -0.25) is 4.68 Å². The Hall–Kier alpha value is -1.32. The maximum absolute atomic E-state index is 5.73. The number of hydrogen-bond acceptors (Lipinski definition) is 2. The van der Waals surface area contributed by atoms with Gasteiger partial charge >= 0.3 is 0 Å². The molecule has 2 rings (SSSR count). The molecule has 4 nitrogen and oxygen atoms in total. The molecule has 1 aliphatic carbocycles. The van der Waals surface area contributed by atoms with E-state index in [4.69, 9.17) is 5.73 Å². The first-order valence-electron chi connectivity index (χ1n) is 4.08. The normalized spacial score (nSPS) is 18.2. The van der Waals surface area contributed by atoms with Gasteiger partial charge < -0.3 is 5.73 Å². The molecule has 0 unspecified atom stereocenters. The molecule has 0 spiro atoms. The highest BCUT2D eigenvalue weighted by molar-refractivity contribution is 5.87. The van der Waals surface area contributed by atoms with E-state index in [2.05, 4.69) is 10.1 Å². The summed E-state index contributed by atoms with van der Waals surface area (Å²) in [5.74, 6) is 1.29. The Morgan fingerprint density at radius 2 is 2.50 bits per heavy atom. The van der Waals surface area contributed by atoms with E-state index in [1.54, 1.807) is 10.9 Å². The maximum atomic E-state index is 5.73. The number of aryl methyl sites for hydroxylation is 1. The van der Waals surface area contributed by atoms with Crippen molar-refractivity contribution in [2.45, 2.75) is 12.8 Å². The fourth-order valence-corrected chi connectivity index (χ4v) is 1.09. The number of nitrogens with zero attached hydrogens (tertiary/aromatic N) is 3. The van der Waals surface area contributed by atoms with Crippen LogP contribution in [0.25, 0.3) is 0 Å². The van der Waals surface area contributed by atoms with Gasteiger partial charge in [-0.2, -0.15) is 5.10 Å². The average molecular weight is 164 g/mol. The van der Waals surface area contributed by atoms with Crippen molar-refractivity contribution in [1.82, 2.24) is 9.78 Å². The molecule has 2 N–H and O–H groups in total. The highest BCUT2D eigenvalue weighted by Gasteiger charge is 2.25. The van der Waals surface area contributed by atoms with Crippen LogP contribution >= 0.6 is 0 Å². The Balaban J connectivity index is 2.15. The summed E-state index contributed by atoms with van der Waals surface area (Å²) >= 11 is 0. The fraction of sp³-hybridized carbons (Fsp3) is 0.500. The number of rotatable bonds is 2. The lowest BCUT2D eigenvalue weighted by Gasteiger charge is -1.92. The molecule has 0 bridgehead atoms. The van der Waals surface area contributed by atoms with Gasteiger partial charge in [0.05, 0.1) is 12.4 Å². The molecule has 0 radical (unpaired) electrons. The predicted octanol–water partition coefficient (Wildman–Crippen LogP) is 0.819. The third-order valence-corrected chi connectivity index (χ3v) is 1.95. The minimum Gasteiger partial charge on any atom is -0.387 e. The van der Waals surface area contributed by atoms with E-state index in [1.165, 1.54) is 12.8 Å². The largest absolute Gasteiger partial charge is 0.387 e. The molecule has 0 aliphatic heterocycles. The van der Waals surface area contributed by atoms with Crippen molar-refractivity contribution in [3.63, 3.8) is 0 Å². The second-order valence-electron chi connectivity index (χ2n) is 3.18. The van der Waals surface area contributed by atoms with E-state index in [9.17, 15) is 0 Å². The van der Waals surface area contributed by atoms with E-state index in [0.29, 0.717) is 5.92 Å². The molecule has 0 amide bonds. The molecule has 1 heterocycles. The maximum Gasteiger partial charge on any atom is 0.103 e. The summed E-state index contributed by atoms with van der Waals surface area (Å²) < 4.78 is 1.72. The number of aromatic nitrogens is 2. The molecule has 0 atom stereocenters. The molecule has 12 heavy (non-hydrogen) atoms. The molecule has 1 aromatic heterocycles. The highest BCUT2D eigenvalue weighted by atomic mass is 15.2. The fourth-order valence-electron chi connectivity index (χ4n) is 1.09. The monoisotopic (exact) mass is 164 g/mol. The molecule has 1 aliphatic rings. The van der Waals surface area contributed by atoms with Crippen molar-refractivity contribution in [2.24, 2.45) is 23.7 Å². The third-order valence-electron chi connectivity index (χ3n) is 1.95. The predicted molar refractivity (Wildman–Crippen MR) is 47.2 cm³/mol. The first kappa shape index (κ1) is 7.34. The van der Waals surface area contributed by atoms with Crippen LogP contribution in [0.5, 0.6) is 0 Å². The third kappa shape index (κ3) is 1.47. The summed E-state index contributed by atoms with van der Waals surface area (Å²) in [5, 5.41) is 4.00. The van der Waals surface area contributed by atoms with Gasteiger partial charge in [0, 0.05) is 13.0 Å². The van der Waals surface area contributed by atoms with E-state index in [0.717, 1.165) is 11.5 Å². The molecule has 1 aromatic rings. The van der Waals surface area contributed by atoms with Gasteiger partial charge in [-0.25, -0.2) is 4.99 Å². The van der Waals surface area contributed by atoms with Gasteiger partial charge in [0.2, 0.25) is 0 Å². The summed E-state index contributed by atoms with van der Waals surface area (Å²) in [5.41, 5.74) is 6.58. The lowest BCUT2D eigenvalue weighted by atomic mass is 10.4. The SMILES string of the molecule is Cn1cc(N=C(N)C2CC2)cn1. The Morgan fingerprint density at radius 1 is 1.75 bits per heavy atom. The first-order valence-corrected chi connectivity index (χ1v) is 4.08. The standard InChI is InChI=1S/C8H12N4/c1-12-5-7(4-10-12)11-8(9)6-2-3-6/h4-6H,2-3H2,1H3,(H2,9,11). The second-order valence-corrected chi connectivity index (χ2v) is 3.18. The van der Waals surface area contributed by atoms with Crippen molar-refractivity contribution in [3.8, 4) is 0 Å². The Bertz CT molecular complexity index is 309. The lowest BCUT2D eigenvalue weighted by molar-refractivity contribution is 0.768. The summed E-state index contributed by atoms with van der Waals surface area (Å²) in [6.45, 7) is 0. The quantitative estimate of drug-likeness (QED) is 0.519. The van der Waals surface area contributed by atoms with Crippen molar-refractivity contribution >= 4 is 11.5 Å². The molecular formula is C8H12N4.